The first kappa shape index (κ1) is 13.9. The van der Waals surface area contributed by atoms with Crippen LogP contribution in [0.3, 0.4) is 0 Å². The van der Waals surface area contributed by atoms with Crippen LogP contribution in [0.15, 0.2) is 28.7 Å². The highest BCUT2D eigenvalue weighted by molar-refractivity contribution is 9.10. The van der Waals surface area contributed by atoms with Gasteiger partial charge in [-0.1, -0.05) is 48.0 Å². The SMILES string of the molecule is NCC(COc1ccc(Br)cc1)C1CCCCC1. The van der Waals surface area contributed by atoms with E-state index in [2.05, 4.69) is 15.9 Å². The summed E-state index contributed by atoms with van der Waals surface area (Å²) in [6, 6.07) is 8.01. The van der Waals surface area contributed by atoms with Gasteiger partial charge in [0.1, 0.15) is 5.75 Å². The third-order valence-corrected chi connectivity index (χ3v) is 4.43. The van der Waals surface area contributed by atoms with Crippen molar-refractivity contribution in [1.82, 2.24) is 0 Å². The van der Waals surface area contributed by atoms with Gasteiger partial charge in [0.05, 0.1) is 6.61 Å². The summed E-state index contributed by atoms with van der Waals surface area (Å²) in [5.74, 6) is 2.21. The summed E-state index contributed by atoms with van der Waals surface area (Å²) in [5.41, 5.74) is 5.90. The fourth-order valence-electron chi connectivity index (χ4n) is 2.74. The van der Waals surface area contributed by atoms with E-state index in [0.717, 1.165) is 29.3 Å². The van der Waals surface area contributed by atoms with Gasteiger partial charge < -0.3 is 10.5 Å². The highest BCUT2D eigenvalue weighted by Crippen LogP contribution is 2.30. The molecule has 1 aromatic carbocycles. The summed E-state index contributed by atoms with van der Waals surface area (Å²) in [7, 11) is 0. The van der Waals surface area contributed by atoms with E-state index in [9.17, 15) is 0 Å². The van der Waals surface area contributed by atoms with E-state index in [4.69, 9.17) is 10.5 Å². The molecule has 1 atom stereocenters. The minimum absolute atomic E-state index is 0.508. The Morgan fingerprint density at radius 2 is 1.83 bits per heavy atom. The van der Waals surface area contributed by atoms with Crippen LogP contribution in [0, 0.1) is 11.8 Å². The largest absolute Gasteiger partial charge is 0.493 e. The molecule has 0 amide bonds. The Balaban J connectivity index is 1.84. The van der Waals surface area contributed by atoms with Crippen molar-refractivity contribution in [3.63, 3.8) is 0 Å². The van der Waals surface area contributed by atoms with E-state index in [-0.39, 0.29) is 0 Å². The Kier molecular flexibility index (Phi) is 5.51. The molecular weight excluding hydrogens is 290 g/mol. The molecule has 2 N–H and O–H groups in total. The quantitative estimate of drug-likeness (QED) is 0.892. The van der Waals surface area contributed by atoms with E-state index in [1.54, 1.807) is 0 Å². The minimum atomic E-state index is 0.508. The Morgan fingerprint density at radius 3 is 2.44 bits per heavy atom. The smallest absolute Gasteiger partial charge is 0.119 e. The van der Waals surface area contributed by atoms with Crippen LogP contribution >= 0.6 is 15.9 Å². The summed E-state index contributed by atoms with van der Waals surface area (Å²) in [4.78, 5) is 0. The molecule has 0 bridgehead atoms. The van der Waals surface area contributed by atoms with Crippen LogP contribution in [-0.4, -0.2) is 13.2 Å². The molecule has 1 fully saturated rings. The number of benzene rings is 1. The fraction of sp³-hybridized carbons (Fsp3) is 0.600. The Labute approximate surface area is 118 Å². The molecule has 0 aromatic heterocycles. The van der Waals surface area contributed by atoms with Crippen LogP contribution < -0.4 is 10.5 Å². The summed E-state index contributed by atoms with van der Waals surface area (Å²) in [5, 5.41) is 0. The van der Waals surface area contributed by atoms with E-state index < -0.39 is 0 Å². The second kappa shape index (κ2) is 7.15. The summed E-state index contributed by atoms with van der Waals surface area (Å²) < 4.78 is 6.95. The van der Waals surface area contributed by atoms with Gasteiger partial charge in [-0.3, -0.25) is 0 Å². The van der Waals surface area contributed by atoms with Gasteiger partial charge in [0.25, 0.3) is 0 Å². The molecule has 0 saturated heterocycles. The number of halogens is 1. The number of rotatable bonds is 5. The van der Waals surface area contributed by atoms with Gasteiger partial charge in [-0.15, -0.1) is 0 Å². The van der Waals surface area contributed by atoms with Crippen LogP contribution in [0.4, 0.5) is 0 Å². The number of hydrogen-bond acceptors (Lipinski definition) is 2. The predicted octanol–water partition coefficient (Wildman–Crippen LogP) is 3.98. The summed E-state index contributed by atoms with van der Waals surface area (Å²) in [6.45, 7) is 1.49. The van der Waals surface area contributed by atoms with Crippen molar-refractivity contribution in [1.29, 1.82) is 0 Å². The van der Waals surface area contributed by atoms with Crippen molar-refractivity contribution in [3.05, 3.63) is 28.7 Å². The molecule has 0 heterocycles. The zero-order valence-corrected chi connectivity index (χ0v) is 12.4. The van der Waals surface area contributed by atoms with E-state index >= 15 is 0 Å². The molecule has 0 radical (unpaired) electrons. The van der Waals surface area contributed by atoms with Crippen molar-refractivity contribution in [2.75, 3.05) is 13.2 Å². The molecule has 3 heteroatoms. The average molecular weight is 312 g/mol. The lowest BCUT2D eigenvalue weighted by Gasteiger charge is -2.29. The van der Waals surface area contributed by atoms with Crippen LogP contribution in [-0.2, 0) is 0 Å². The molecule has 2 rings (SSSR count). The Hall–Kier alpha value is -0.540. The van der Waals surface area contributed by atoms with Crippen LogP contribution in [0.1, 0.15) is 32.1 Å². The summed E-state index contributed by atoms with van der Waals surface area (Å²) in [6.07, 6.45) is 6.76. The second-order valence-electron chi connectivity index (χ2n) is 5.16. The first-order valence-electron chi connectivity index (χ1n) is 6.88. The molecule has 1 aliphatic carbocycles. The maximum atomic E-state index is 5.90. The normalized spacial score (nSPS) is 18.6. The topological polar surface area (TPSA) is 35.2 Å². The van der Waals surface area contributed by atoms with Crippen LogP contribution in [0.5, 0.6) is 5.75 Å². The Morgan fingerprint density at radius 1 is 1.17 bits per heavy atom. The van der Waals surface area contributed by atoms with Gasteiger partial charge in [0.15, 0.2) is 0 Å². The van der Waals surface area contributed by atoms with Gasteiger partial charge >= 0.3 is 0 Å². The van der Waals surface area contributed by atoms with Gasteiger partial charge in [-0.25, -0.2) is 0 Å². The number of nitrogens with two attached hydrogens (primary N) is 1. The molecule has 1 unspecified atom stereocenters. The lowest BCUT2D eigenvalue weighted by Crippen LogP contribution is -2.30. The molecule has 1 aliphatic rings. The monoisotopic (exact) mass is 311 g/mol. The minimum Gasteiger partial charge on any atom is -0.493 e. The molecule has 0 spiro atoms. The van der Waals surface area contributed by atoms with E-state index in [1.807, 2.05) is 24.3 Å². The van der Waals surface area contributed by atoms with Crippen molar-refractivity contribution >= 4 is 15.9 Å². The maximum absolute atomic E-state index is 5.90. The van der Waals surface area contributed by atoms with Crippen molar-refractivity contribution in [3.8, 4) is 5.75 Å². The Bertz CT molecular complexity index is 346. The van der Waals surface area contributed by atoms with Crippen LogP contribution in [0.2, 0.25) is 0 Å². The standard InChI is InChI=1S/C15H22BrNO/c16-14-6-8-15(9-7-14)18-11-13(10-17)12-4-2-1-3-5-12/h6-9,12-13H,1-5,10-11,17H2. The highest BCUT2D eigenvalue weighted by atomic mass is 79.9. The van der Waals surface area contributed by atoms with Crippen molar-refractivity contribution in [2.45, 2.75) is 32.1 Å². The van der Waals surface area contributed by atoms with Crippen LogP contribution in [0.25, 0.3) is 0 Å². The highest BCUT2D eigenvalue weighted by Gasteiger charge is 2.23. The zero-order valence-electron chi connectivity index (χ0n) is 10.8. The predicted molar refractivity (Wildman–Crippen MR) is 78.8 cm³/mol. The van der Waals surface area contributed by atoms with Crippen molar-refractivity contribution < 1.29 is 4.74 Å². The molecular formula is C15H22BrNO. The first-order valence-corrected chi connectivity index (χ1v) is 7.67. The molecule has 1 aromatic rings. The third-order valence-electron chi connectivity index (χ3n) is 3.90. The molecule has 100 valence electrons. The van der Waals surface area contributed by atoms with E-state index in [0.29, 0.717) is 5.92 Å². The van der Waals surface area contributed by atoms with Gasteiger partial charge in [-0.05, 0) is 36.7 Å². The maximum Gasteiger partial charge on any atom is 0.119 e. The van der Waals surface area contributed by atoms with Crippen molar-refractivity contribution in [2.24, 2.45) is 17.6 Å². The average Bonchev–Trinajstić information content (AvgIpc) is 2.43. The zero-order chi connectivity index (χ0) is 12.8. The van der Waals surface area contributed by atoms with E-state index in [1.165, 1.54) is 32.1 Å². The first-order chi connectivity index (χ1) is 8.79. The van der Waals surface area contributed by atoms with Gasteiger partial charge in [-0.2, -0.15) is 0 Å². The van der Waals surface area contributed by atoms with Gasteiger partial charge in [0.2, 0.25) is 0 Å². The number of ether oxygens (including phenoxy) is 1. The fourth-order valence-corrected chi connectivity index (χ4v) is 3.00. The summed E-state index contributed by atoms with van der Waals surface area (Å²) >= 11 is 3.43. The lowest BCUT2D eigenvalue weighted by molar-refractivity contribution is 0.167. The molecule has 18 heavy (non-hydrogen) atoms. The lowest BCUT2D eigenvalue weighted by atomic mass is 9.80. The molecule has 0 aliphatic heterocycles. The molecule has 1 saturated carbocycles. The molecule has 2 nitrogen and oxygen atoms in total. The second-order valence-corrected chi connectivity index (χ2v) is 6.07. The van der Waals surface area contributed by atoms with Gasteiger partial charge in [0, 0.05) is 10.4 Å². The third kappa shape index (κ3) is 3.99. The number of hydrogen-bond donors (Lipinski definition) is 1.